The molecule has 6 nitrogen and oxygen atoms in total. The Balaban J connectivity index is 1.61. The van der Waals surface area contributed by atoms with Gasteiger partial charge in [-0.1, -0.05) is 57.0 Å². The molecule has 1 saturated heterocycles. The second-order valence-corrected chi connectivity index (χ2v) is 10.4. The third-order valence-electron chi connectivity index (χ3n) is 6.17. The van der Waals surface area contributed by atoms with Crippen molar-refractivity contribution >= 4 is 10.0 Å². The summed E-state index contributed by atoms with van der Waals surface area (Å²) in [6.45, 7) is 5.25. The molecule has 27 heavy (non-hydrogen) atoms. The Hall–Kier alpha value is -1.73. The average molecular weight is 389 g/mol. The Labute approximate surface area is 161 Å². The monoisotopic (exact) mass is 388 g/mol. The van der Waals surface area contributed by atoms with Gasteiger partial charge in [-0.15, -0.1) is 0 Å². The van der Waals surface area contributed by atoms with Crippen LogP contribution in [0.2, 0.25) is 0 Å². The molecule has 1 spiro atoms. The molecular weight excluding hydrogens is 360 g/mol. The minimum atomic E-state index is -3.36. The molecular formula is C20H28N4O2S. The van der Waals surface area contributed by atoms with Crippen molar-refractivity contribution in [2.75, 3.05) is 13.1 Å². The zero-order valence-electron chi connectivity index (χ0n) is 16.1. The van der Waals surface area contributed by atoms with Gasteiger partial charge in [0.15, 0.2) is 5.82 Å². The highest BCUT2D eigenvalue weighted by Gasteiger charge is 2.52. The van der Waals surface area contributed by atoms with Crippen LogP contribution in [0, 0.1) is 5.41 Å². The number of nitrogens with one attached hydrogen (secondary N) is 1. The SMILES string of the molecule is CC(C)c1n[nH]c(C2CN(S(=O)(=O)Cc3ccccc3)CC23CCCC3)n1. The Morgan fingerprint density at radius 3 is 2.56 bits per heavy atom. The molecule has 4 rings (SSSR count). The Morgan fingerprint density at radius 2 is 1.93 bits per heavy atom. The van der Waals surface area contributed by atoms with E-state index >= 15 is 0 Å². The van der Waals surface area contributed by atoms with Crippen LogP contribution in [0.3, 0.4) is 0 Å². The smallest absolute Gasteiger partial charge is 0.218 e. The molecule has 1 aliphatic carbocycles. The highest BCUT2D eigenvalue weighted by molar-refractivity contribution is 7.88. The van der Waals surface area contributed by atoms with E-state index in [4.69, 9.17) is 4.98 Å². The molecule has 146 valence electrons. The lowest BCUT2D eigenvalue weighted by Crippen LogP contribution is -2.32. The Bertz CT molecular complexity index is 886. The van der Waals surface area contributed by atoms with Gasteiger partial charge in [-0.05, 0) is 23.8 Å². The minimum absolute atomic E-state index is 0.00244. The van der Waals surface area contributed by atoms with Gasteiger partial charge >= 0.3 is 0 Å². The van der Waals surface area contributed by atoms with Crippen molar-refractivity contribution in [1.29, 1.82) is 0 Å². The van der Waals surface area contributed by atoms with Crippen molar-refractivity contribution in [3.05, 3.63) is 47.5 Å². The number of aromatic amines is 1. The predicted octanol–water partition coefficient (Wildman–Crippen LogP) is 3.42. The summed E-state index contributed by atoms with van der Waals surface area (Å²) >= 11 is 0. The van der Waals surface area contributed by atoms with E-state index < -0.39 is 10.0 Å². The van der Waals surface area contributed by atoms with Crippen LogP contribution in [0.4, 0.5) is 0 Å². The Kier molecular flexibility index (Phi) is 4.84. The number of hydrogen-bond donors (Lipinski definition) is 1. The highest BCUT2D eigenvalue weighted by Crippen LogP contribution is 2.53. The average Bonchev–Trinajstić information content (AvgIpc) is 3.36. The summed E-state index contributed by atoms with van der Waals surface area (Å²) in [7, 11) is -3.36. The third kappa shape index (κ3) is 3.55. The molecule has 1 aromatic carbocycles. The first-order valence-corrected chi connectivity index (χ1v) is 11.4. The first kappa shape index (κ1) is 18.6. The summed E-state index contributed by atoms with van der Waals surface area (Å²) in [6, 6.07) is 9.44. The number of H-pyrrole nitrogens is 1. The summed E-state index contributed by atoms with van der Waals surface area (Å²) in [6.07, 6.45) is 4.45. The Morgan fingerprint density at radius 1 is 1.22 bits per heavy atom. The highest BCUT2D eigenvalue weighted by atomic mass is 32.2. The lowest BCUT2D eigenvalue weighted by Gasteiger charge is -2.28. The number of hydrogen-bond acceptors (Lipinski definition) is 4. The van der Waals surface area contributed by atoms with Crippen LogP contribution in [-0.4, -0.2) is 41.0 Å². The van der Waals surface area contributed by atoms with Crippen LogP contribution in [0.1, 0.15) is 68.6 Å². The second-order valence-electron chi connectivity index (χ2n) is 8.39. The van der Waals surface area contributed by atoms with Crippen LogP contribution in [0.15, 0.2) is 30.3 Å². The maximum Gasteiger partial charge on any atom is 0.218 e. The van der Waals surface area contributed by atoms with Crippen molar-refractivity contribution < 1.29 is 8.42 Å². The molecule has 1 unspecified atom stereocenters. The molecule has 1 aromatic heterocycles. The third-order valence-corrected chi connectivity index (χ3v) is 7.93. The summed E-state index contributed by atoms with van der Waals surface area (Å²) in [5.41, 5.74) is 0.834. The van der Waals surface area contributed by atoms with Crippen LogP contribution in [0.25, 0.3) is 0 Å². The number of benzene rings is 1. The van der Waals surface area contributed by atoms with E-state index in [1.807, 2.05) is 30.3 Å². The molecule has 1 aliphatic heterocycles. The molecule has 0 radical (unpaired) electrons. The molecule has 7 heteroatoms. The van der Waals surface area contributed by atoms with Gasteiger partial charge in [0.1, 0.15) is 5.82 Å². The van der Waals surface area contributed by atoms with E-state index in [0.29, 0.717) is 13.1 Å². The van der Waals surface area contributed by atoms with Crippen molar-refractivity contribution in [1.82, 2.24) is 19.5 Å². The molecule has 1 atom stereocenters. The van der Waals surface area contributed by atoms with Gasteiger partial charge in [-0.3, -0.25) is 5.10 Å². The number of sulfonamides is 1. The number of aromatic nitrogens is 3. The van der Waals surface area contributed by atoms with Crippen LogP contribution in [0.5, 0.6) is 0 Å². The first-order chi connectivity index (χ1) is 12.9. The topological polar surface area (TPSA) is 79.0 Å². The normalized spacial score (nSPS) is 22.9. The van der Waals surface area contributed by atoms with Crippen LogP contribution < -0.4 is 0 Å². The van der Waals surface area contributed by atoms with E-state index in [9.17, 15) is 8.42 Å². The quantitative estimate of drug-likeness (QED) is 0.851. The van der Waals surface area contributed by atoms with Gasteiger partial charge in [0.2, 0.25) is 10.0 Å². The lowest BCUT2D eigenvalue weighted by molar-refractivity contribution is 0.277. The molecule has 2 heterocycles. The summed E-state index contributed by atoms with van der Waals surface area (Å²) < 4.78 is 27.9. The molecule has 2 aliphatic rings. The van der Waals surface area contributed by atoms with Gasteiger partial charge in [0.25, 0.3) is 0 Å². The van der Waals surface area contributed by atoms with E-state index in [2.05, 4.69) is 24.0 Å². The van der Waals surface area contributed by atoms with Crippen molar-refractivity contribution in [2.24, 2.45) is 5.41 Å². The first-order valence-electron chi connectivity index (χ1n) is 9.84. The van der Waals surface area contributed by atoms with Gasteiger partial charge in [-0.2, -0.15) is 5.10 Å². The predicted molar refractivity (Wildman–Crippen MR) is 105 cm³/mol. The van der Waals surface area contributed by atoms with E-state index in [1.165, 1.54) is 0 Å². The van der Waals surface area contributed by atoms with Crippen molar-refractivity contribution in [2.45, 2.75) is 57.1 Å². The van der Waals surface area contributed by atoms with Gasteiger partial charge < -0.3 is 0 Å². The standard InChI is InChI=1S/C20H28N4O2S/c1-15(2)18-21-19(23-22-18)17-12-24(14-20(17)10-6-7-11-20)27(25,26)13-16-8-4-3-5-9-16/h3-5,8-9,15,17H,6-7,10-14H2,1-2H3,(H,21,22,23). The fourth-order valence-electron chi connectivity index (χ4n) is 4.68. The molecule has 0 bridgehead atoms. The second kappa shape index (κ2) is 7.02. The van der Waals surface area contributed by atoms with Gasteiger partial charge in [0.05, 0.1) is 5.75 Å². The summed E-state index contributed by atoms with van der Waals surface area (Å²) in [5, 5.41) is 7.49. The number of rotatable bonds is 5. The van der Waals surface area contributed by atoms with Gasteiger partial charge in [0, 0.05) is 24.9 Å². The van der Waals surface area contributed by atoms with E-state index in [-0.39, 0.29) is 23.0 Å². The van der Waals surface area contributed by atoms with Gasteiger partial charge in [-0.25, -0.2) is 17.7 Å². The zero-order chi connectivity index (χ0) is 19.1. The van der Waals surface area contributed by atoms with Crippen LogP contribution in [-0.2, 0) is 15.8 Å². The maximum atomic E-state index is 13.1. The molecule has 2 fully saturated rings. The number of nitrogens with zero attached hydrogens (tertiary/aromatic N) is 3. The maximum absolute atomic E-state index is 13.1. The molecule has 1 saturated carbocycles. The fraction of sp³-hybridized carbons (Fsp3) is 0.600. The molecule has 0 amide bonds. The zero-order valence-corrected chi connectivity index (χ0v) is 16.9. The molecule has 2 aromatic rings. The van der Waals surface area contributed by atoms with Crippen molar-refractivity contribution in [3.8, 4) is 0 Å². The van der Waals surface area contributed by atoms with Crippen molar-refractivity contribution in [3.63, 3.8) is 0 Å². The summed E-state index contributed by atoms with van der Waals surface area (Å²) in [4.78, 5) is 4.72. The minimum Gasteiger partial charge on any atom is -0.263 e. The van der Waals surface area contributed by atoms with Crippen LogP contribution >= 0.6 is 0 Å². The van der Waals surface area contributed by atoms with E-state index in [0.717, 1.165) is 42.9 Å². The van der Waals surface area contributed by atoms with E-state index in [1.54, 1.807) is 4.31 Å². The summed E-state index contributed by atoms with van der Waals surface area (Å²) in [5.74, 6) is 2.09. The largest absolute Gasteiger partial charge is 0.263 e. The lowest BCUT2D eigenvalue weighted by atomic mass is 9.76. The molecule has 1 N–H and O–H groups in total. The fourth-order valence-corrected chi connectivity index (χ4v) is 6.30.